The summed E-state index contributed by atoms with van der Waals surface area (Å²) in [4.78, 5) is 17.8. The van der Waals surface area contributed by atoms with E-state index in [1.807, 2.05) is 0 Å². The van der Waals surface area contributed by atoms with Crippen LogP contribution in [0.5, 0.6) is 0 Å². The second kappa shape index (κ2) is 4.16. The SMILES string of the molecule is [N-]=[N+]=NC[C@]12O[C@@H](n3ccc(N)nc3=O)[C@H](O)[C@@]1(O)C2O. The smallest absolute Gasteiger partial charge is 0.351 e. The molecule has 2 fully saturated rings. The lowest BCUT2D eigenvalue weighted by atomic mass is 10.1. The van der Waals surface area contributed by atoms with Crippen molar-refractivity contribution in [1.82, 2.24) is 9.55 Å². The number of ether oxygens (including phenoxy) is 1. The average Bonchev–Trinajstić information content (AvgIpc) is 2.79. The number of rotatable bonds is 3. The largest absolute Gasteiger partial charge is 0.387 e. The van der Waals surface area contributed by atoms with E-state index in [1.54, 1.807) is 0 Å². The molecule has 11 heteroatoms. The lowest BCUT2D eigenvalue weighted by Crippen LogP contribution is -2.40. The van der Waals surface area contributed by atoms with Gasteiger partial charge in [-0.05, 0) is 11.6 Å². The molecule has 1 saturated heterocycles. The normalized spacial score (nSPS) is 40.4. The fraction of sp³-hybridized carbons (Fsp3) is 0.600. The Morgan fingerprint density at radius 1 is 1.62 bits per heavy atom. The first-order valence-corrected chi connectivity index (χ1v) is 6.00. The number of aromatic nitrogens is 2. The summed E-state index contributed by atoms with van der Waals surface area (Å²) in [6.45, 7) is -0.383. The van der Waals surface area contributed by atoms with Crippen LogP contribution in [0.2, 0.25) is 0 Å². The van der Waals surface area contributed by atoms with Crippen LogP contribution in [0.1, 0.15) is 6.23 Å². The Bertz CT molecular complexity index is 701. The molecule has 0 spiro atoms. The maximum atomic E-state index is 11.8. The minimum atomic E-state index is -2.01. The summed E-state index contributed by atoms with van der Waals surface area (Å²) in [6, 6.07) is 1.32. The van der Waals surface area contributed by atoms with Crippen LogP contribution in [0.15, 0.2) is 22.2 Å². The van der Waals surface area contributed by atoms with Crippen LogP contribution in [-0.2, 0) is 4.74 Å². The Morgan fingerprint density at radius 3 is 2.95 bits per heavy atom. The Labute approximate surface area is 116 Å². The van der Waals surface area contributed by atoms with Crippen LogP contribution in [0.4, 0.5) is 5.82 Å². The third-order valence-corrected chi connectivity index (χ3v) is 4.00. The zero-order chi connectivity index (χ0) is 15.4. The molecule has 11 nitrogen and oxygen atoms in total. The van der Waals surface area contributed by atoms with E-state index >= 15 is 0 Å². The van der Waals surface area contributed by atoms with Crippen LogP contribution in [0, 0.1) is 0 Å². The summed E-state index contributed by atoms with van der Waals surface area (Å²) in [6.07, 6.45) is -3.03. The van der Waals surface area contributed by atoms with Gasteiger partial charge in [0.25, 0.3) is 0 Å². The number of nitrogens with two attached hydrogens (primary N) is 1. The standard InChI is InChI=1S/C10H12N6O5/c11-4-1-2-16(8(19)14-4)6-5(17)10(20)7(18)9(10,21-6)3-13-15-12/h1-2,5-7,17-18,20H,3H2,(H2,11,14,19)/t5-,6+,7?,9+,10+/m0/s1. The molecular weight excluding hydrogens is 284 g/mol. The van der Waals surface area contributed by atoms with Gasteiger partial charge in [-0.2, -0.15) is 4.98 Å². The van der Waals surface area contributed by atoms with E-state index in [1.165, 1.54) is 12.3 Å². The van der Waals surface area contributed by atoms with Crippen LogP contribution >= 0.6 is 0 Å². The van der Waals surface area contributed by atoms with Gasteiger partial charge < -0.3 is 25.8 Å². The number of aliphatic hydroxyl groups is 3. The fourth-order valence-corrected chi connectivity index (χ4v) is 2.78. The van der Waals surface area contributed by atoms with E-state index in [0.717, 1.165) is 4.57 Å². The van der Waals surface area contributed by atoms with Crippen molar-refractivity contribution in [2.75, 3.05) is 12.3 Å². The molecular formula is C10H12N6O5. The number of aliphatic hydroxyl groups excluding tert-OH is 2. The zero-order valence-corrected chi connectivity index (χ0v) is 10.6. The monoisotopic (exact) mass is 296 g/mol. The predicted octanol–water partition coefficient (Wildman–Crippen LogP) is -2.13. The molecule has 1 unspecified atom stereocenters. The quantitative estimate of drug-likeness (QED) is 0.279. The molecule has 0 aromatic carbocycles. The van der Waals surface area contributed by atoms with Gasteiger partial charge in [-0.15, -0.1) is 0 Å². The number of fused-ring (bicyclic) bond motifs is 1. The molecule has 0 amide bonds. The molecule has 1 aromatic heterocycles. The lowest BCUT2D eigenvalue weighted by Gasteiger charge is -2.23. The zero-order valence-electron chi connectivity index (χ0n) is 10.6. The Balaban J connectivity index is 1.98. The maximum Gasteiger partial charge on any atom is 0.351 e. The summed E-state index contributed by atoms with van der Waals surface area (Å²) < 4.78 is 6.37. The summed E-state index contributed by atoms with van der Waals surface area (Å²) in [7, 11) is 0. The van der Waals surface area contributed by atoms with Gasteiger partial charge >= 0.3 is 5.69 Å². The lowest BCUT2D eigenvalue weighted by molar-refractivity contribution is -0.113. The average molecular weight is 296 g/mol. The predicted molar refractivity (Wildman–Crippen MR) is 66.7 cm³/mol. The van der Waals surface area contributed by atoms with E-state index in [9.17, 15) is 20.1 Å². The third-order valence-electron chi connectivity index (χ3n) is 4.00. The minimum absolute atomic E-state index is 0.00330. The minimum Gasteiger partial charge on any atom is -0.387 e. The van der Waals surface area contributed by atoms with E-state index in [2.05, 4.69) is 15.0 Å². The molecule has 1 aliphatic carbocycles. The van der Waals surface area contributed by atoms with Gasteiger partial charge in [-0.25, -0.2) is 4.79 Å². The van der Waals surface area contributed by atoms with Crippen molar-refractivity contribution in [3.05, 3.63) is 33.2 Å². The Hall–Kier alpha value is -2.17. The van der Waals surface area contributed by atoms with Gasteiger partial charge in [0.2, 0.25) is 0 Å². The molecule has 1 aromatic rings. The molecule has 3 rings (SSSR count). The number of nitrogens with zero attached hydrogens (tertiary/aromatic N) is 5. The van der Waals surface area contributed by atoms with E-state index in [4.69, 9.17) is 16.0 Å². The summed E-state index contributed by atoms with van der Waals surface area (Å²) >= 11 is 0. The van der Waals surface area contributed by atoms with Gasteiger partial charge in [0.05, 0.1) is 6.54 Å². The summed E-state index contributed by atoms with van der Waals surface area (Å²) in [5.41, 5.74) is 9.29. The molecule has 1 saturated carbocycles. The molecule has 1 aliphatic heterocycles. The summed E-state index contributed by atoms with van der Waals surface area (Å²) in [5, 5.41) is 33.5. The second-order valence-electron chi connectivity index (χ2n) is 5.00. The fourth-order valence-electron chi connectivity index (χ4n) is 2.78. The molecule has 0 bridgehead atoms. The van der Waals surface area contributed by atoms with Crippen molar-refractivity contribution in [2.24, 2.45) is 5.11 Å². The van der Waals surface area contributed by atoms with Crippen molar-refractivity contribution in [1.29, 1.82) is 0 Å². The molecule has 5 N–H and O–H groups in total. The van der Waals surface area contributed by atoms with Gasteiger partial charge in [-0.3, -0.25) is 4.57 Å². The van der Waals surface area contributed by atoms with E-state index in [0.29, 0.717) is 0 Å². The van der Waals surface area contributed by atoms with Gasteiger partial charge in [0.1, 0.15) is 23.6 Å². The first kappa shape index (κ1) is 13.8. The molecule has 112 valence electrons. The number of nitrogen functional groups attached to an aromatic ring is 1. The Kier molecular flexibility index (Phi) is 2.74. The van der Waals surface area contributed by atoms with Crippen LogP contribution in [0.25, 0.3) is 10.4 Å². The first-order valence-electron chi connectivity index (χ1n) is 6.00. The number of azide groups is 1. The van der Waals surface area contributed by atoms with Gasteiger partial charge in [0.15, 0.2) is 11.8 Å². The van der Waals surface area contributed by atoms with Crippen LogP contribution < -0.4 is 11.4 Å². The summed E-state index contributed by atoms with van der Waals surface area (Å²) in [5.74, 6) is -0.00330. The highest BCUT2D eigenvalue weighted by molar-refractivity contribution is 5.36. The molecule has 2 aliphatic rings. The first-order chi connectivity index (χ1) is 9.88. The molecule has 5 atom stereocenters. The Morgan fingerprint density at radius 2 is 2.33 bits per heavy atom. The van der Waals surface area contributed by atoms with Crippen LogP contribution in [0.3, 0.4) is 0 Å². The van der Waals surface area contributed by atoms with Crippen LogP contribution in [-0.4, -0.2) is 54.8 Å². The van der Waals surface area contributed by atoms with Crippen molar-refractivity contribution < 1.29 is 20.1 Å². The maximum absolute atomic E-state index is 11.8. The topological polar surface area (TPSA) is 180 Å². The van der Waals surface area contributed by atoms with Gasteiger partial charge in [0, 0.05) is 11.1 Å². The molecule has 21 heavy (non-hydrogen) atoms. The second-order valence-corrected chi connectivity index (χ2v) is 5.00. The highest BCUT2D eigenvalue weighted by Gasteiger charge is 2.87. The van der Waals surface area contributed by atoms with Crippen molar-refractivity contribution in [3.8, 4) is 0 Å². The van der Waals surface area contributed by atoms with Crippen molar-refractivity contribution in [2.45, 2.75) is 29.6 Å². The van der Waals surface area contributed by atoms with Crippen molar-refractivity contribution >= 4 is 5.82 Å². The molecule has 0 radical (unpaired) electrons. The number of hydrogen-bond acceptors (Lipinski definition) is 8. The number of hydrogen-bond donors (Lipinski definition) is 4. The molecule has 2 heterocycles. The number of anilines is 1. The van der Waals surface area contributed by atoms with Gasteiger partial charge in [-0.1, -0.05) is 5.11 Å². The van der Waals surface area contributed by atoms with E-state index in [-0.39, 0.29) is 12.4 Å². The highest BCUT2D eigenvalue weighted by Crippen LogP contribution is 2.62. The highest BCUT2D eigenvalue weighted by atomic mass is 16.6. The third kappa shape index (κ3) is 1.54. The van der Waals surface area contributed by atoms with Crippen molar-refractivity contribution in [3.63, 3.8) is 0 Å². The van der Waals surface area contributed by atoms with E-state index < -0.39 is 35.3 Å².